The summed E-state index contributed by atoms with van der Waals surface area (Å²) in [5.74, 6) is -2.38. The first-order valence-corrected chi connectivity index (χ1v) is 9.63. The summed E-state index contributed by atoms with van der Waals surface area (Å²) in [5, 5.41) is 2.20. The van der Waals surface area contributed by atoms with Crippen molar-refractivity contribution in [2.75, 3.05) is 18.0 Å². The summed E-state index contributed by atoms with van der Waals surface area (Å²) in [7, 11) is 0. The van der Waals surface area contributed by atoms with Gasteiger partial charge in [0.15, 0.2) is 0 Å². The lowest BCUT2D eigenvalue weighted by Crippen LogP contribution is -2.54. The summed E-state index contributed by atoms with van der Waals surface area (Å²) in [6.07, 6.45) is 1.31. The van der Waals surface area contributed by atoms with Gasteiger partial charge in [-0.05, 0) is 18.6 Å². The molecule has 29 heavy (non-hydrogen) atoms. The molecule has 0 bridgehead atoms. The molecule has 3 heterocycles. The van der Waals surface area contributed by atoms with Crippen LogP contribution in [0.3, 0.4) is 0 Å². The Balaban J connectivity index is 1.58. The van der Waals surface area contributed by atoms with Crippen molar-refractivity contribution in [3.63, 3.8) is 0 Å². The molecule has 1 atom stereocenters. The summed E-state index contributed by atoms with van der Waals surface area (Å²) in [6.45, 7) is 2.53. The Bertz CT molecular complexity index is 919. The Kier molecular flexibility index (Phi) is 4.81. The minimum atomic E-state index is -0.984. The van der Waals surface area contributed by atoms with E-state index in [1.54, 1.807) is 18.2 Å². The van der Waals surface area contributed by atoms with Crippen LogP contribution in [0.5, 0.6) is 0 Å². The lowest BCUT2D eigenvalue weighted by molar-refractivity contribution is -0.147. The highest BCUT2D eigenvalue weighted by Crippen LogP contribution is 2.35. The van der Waals surface area contributed by atoms with Gasteiger partial charge in [0.25, 0.3) is 11.8 Å². The van der Waals surface area contributed by atoms with E-state index in [-0.39, 0.29) is 36.0 Å². The van der Waals surface area contributed by atoms with E-state index >= 15 is 0 Å². The number of fused-ring (bicyclic) bond motifs is 1. The van der Waals surface area contributed by atoms with Gasteiger partial charge in [-0.3, -0.25) is 34.2 Å². The number of hydrogen-bond donors (Lipinski definition) is 1. The zero-order valence-corrected chi connectivity index (χ0v) is 16.0. The normalized spacial score (nSPS) is 22.6. The summed E-state index contributed by atoms with van der Waals surface area (Å²) in [5.41, 5.74) is 1.18. The molecule has 3 aliphatic heterocycles. The number of piperidine rings is 2. The average molecular weight is 399 g/mol. The van der Waals surface area contributed by atoms with E-state index < -0.39 is 29.7 Å². The van der Waals surface area contributed by atoms with Crippen LogP contribution in [0.2, 0.25) is 0 Å². The smallest absolute Gasteiger partial charge is 0.302 e. The number of nitrogens with one attached hydrogen (secondary N) is 1. The number of carbonyl (C=O) groups is 5. The van der Waals surface area contributed by atoms with E-state index in [2.05, 4.69) is 5.32 Å². The fourth-order valence-electron chi connectivity index (χ4n) is 4.21. The average Bonchev–Trinajstić information content (AvgIpc) is 2.93. The lowest BCUT2D eigenvalue weighted by Gasteiger charge is -2.34. The maximum absolute atomic E-state index is 13.2. The lowest BCUT2D eigenvalue weighted by atomic mass is 10.0. The highest BCUT2D eigenvalue weighted by atomic mass is 16.5. The van der Waals surface area contributed by atoms with Crippen molar-refractivity contribution >= 4 is 35.3 Å². The number of ether oxygens (including phenoxy) is 1. The zero-order valence-electron chi connectivity index (χ0n) is 16.0. The third-order valence-corrected chi connectivity index (χ3v) is 5.56. The molecule has 4 rings (SSSR count). The van der Waals surface area contributed by atoms with Crippen molar-refractivity contribution < 1.29 is 28.7 Å². The number of nitrogens with zero attached hydrogens (tertiary/aromatic N) is 2. The summed E-state index contributed by atoms with van der Waals surface area (Å²) in [4.78, 5) is 63.8. The number of benzene rings is 1. The molecule has 9 nitrogen and oxygen atoms in total. The Hall–Kier alpha value is -3.23. The predicted molar refractivity (Wildman–Crippen MR) is 100 cm³/mol. The molecule has 0 saturated carbocycles. The predicted octanol–water partition coefficient (Wildman–Crippen LogP) is 0.620. The monoisotopic (exact) mass is 399 g/mol. The van der Waals surface area contributed by atoms with E-state index in [1.165, 1.54) is 6.92 Å². The maximum atomic E-state index is 13.2. The number of amides is 4. The van der Waals surface area contributed by atoms with Crippen molar-refractivity contribution in [3.05, 3.63) is 29.3 Å². The molecule has 9 heteroatoms. The topological polar surface area (TPSA) is 113 Å². The Morgan fingerprint density at radius 2 is 1.79 bits per heavy atom. The van der Waals surface area contributed by atoms with Gasteiger partial charge in [0, 0.05) is 39.3 Å². The molecule has 2 fully saturated rings. The molecule has 0 radical (unpaired) electrons. The van der Waals surface area contributed by atoms with Gasteiger partial charge in [-0.2, -0.15) is 0 Å². The van der Waals surface area contributed by atoms with Crippen LogP contribution in [-0.4, -0.2) is 59.7 Å². The second kappa shape index (κ2) is 7.31. The van der Waals surface area contributed by atoms with Crippen molar-refractivity contribution in [2.45, 2.75) is 44.8 Å². The standard InChI is InChI=1S/C20H21N3O6/c1-11(24)29-12-7-9-22(10-8-12)14-4-2-3-13-17(14)20(28)23(19(13)27)15-5-6-16(25)21-18(15)26/h2-4,12,15H,5-10H2,1H3,(H,21,25,26). The SMILES string of the molecule is CC(=O)OC1CCN(c2cccc3c2C(=O)N(C2CCC(=O)NC2=O)C3=O)CC1. The number of esters is 1. The van der Waals surface area contributed by atoms with Gasteiger partial charge in [0.1, 0.15) is 12.1 Å². The fraction of sp³-hybridized carbons (Fsp3) is 0.450. The molecule has 2 saturated heterocycles. The van der Waals surface area contributed by atoms with Crippen LogP contribution >= 0.6 is 0 Å². The van der Waals surface area contributed by atoms with Gasteiger partial charge in [0.2, 0.25) is 11.8 Å². The van der Waals surface area contributed by atoms with E-state index in [9.17, 15) is 24.0 Å². The van der Waals surface area contributed by atoms with Crippen LogP contribution < -0.4 is 10.2 Å². The first-order chi connectivity index (χ1) is 13.9. The van der Waals surface area contributed by atoms with Gasteiger partial charge >= 0.3 is 5.97 Å². The number of imide groups is 2. The molecule has 1 unspecified atom stereocenters. The van der Waals surface area contributed by atoms with Crippen LogP contribution in [0.1, 0.15) is 53.3 Å². The van der Waals surface area contributed by atoms with Crippen LogP contribution in [0, 0.1) is 0 Å². The van der Waals surface area contributed by atoms with E-state index in [0.717, 1.165) is 4.90 Å². The van der Waals surface area contributed by atoms with Crippen molar-refractivity contribution in [1.29, 1.82) is 0 Å². The highest BCUT2D eigenvalue weighted by molar-refractivity contribution is 6.25. The third kappa shape index (κ3) is 3.37. The number of carbonyl (C=O) groups excluding carboxylic acids is 5. The molecule has 0 aromatic heterocycles. The summed E-state index contributed by atoms with van der Waals surface area (Å²) < 4.78 is 5.26. The molecule has 4 amide bonds. The first kappa shape index (κ1) is 19.1. The van der Waals surface area contributed by atoms with Crippen molar-refractivity contribution in [3.8, 4) is 0 Å². The Labute approximate surface area is 167 Å². The van der Waals surface area contributed by atoms with Gasteiger partial charge in [-0.25, -0.2) is 0 Å². The molecule has 1 aromatic carbocycles. The van der Waals surface area contributed by atoms with E-state index in [0.29, 0.717) is 31.6 Å². The Morgan fingerprint density at radius 3 is 2.45 bits per heavy atom. The minimum absolute atomic E-state index is 0.0837. The van der Waals surface area contributed by atoms with Crippen LogP contribution in [0.15, 0.2) is 18.2 Å². The van der Waals surface area contributed by atoms with Crippen LogP contribution in [0.4, 0.5) is 5.69 Å². The maximum Gasteiger partial charge on any atom is 0.302 e. The second-order valence-corrected chi connectivity index (χ2v) is 7.44. The summed E-state index contributed by atoms with van der Waals surface area (Å²) >= 11 is 0. The van der Waals surface area contributed by atoms with Crippen molar-refractivity contribution in [2.24, 2.45) is 0 Å². The van der Waals surface area contributed by atoms with E-state index in [1.807, 2.05) is 4.90 Å². The zero-order chi connectivity index (χ0) is 20.7. The second-order valence-electron chi connectivity index (χ2n) is 7.44. The van der Waals surface area contributed by atoms with Gasteiger partial charge in [-0.15, -0.1) is 0 Å². The molecular formula is C20H21N3O6. The third-order valence-electron chi connectivity index (χ3n) is 5.56. The molecule has 152 valence electrons. The molecule has 1 aromatic rings. The Morgan fingerprint density at radius 1 is 1.07 bits per heavy atom. The summed E-state index contributed by atoms with van der Waals surface area (Å²) in [6, 6.07) is 4.09. The van der Waals surface area contributed by atoms with Crippen molar-refractivity contribution in [1.82, 2.24) is 10.2 Å². The molecule has 3 aliphatic rings. The van der Waals surface area contributed by atoms with Gasteiger partial charge < -0.3 is 9.64 Å². The van der Waals surface area contributed by atoms with Crippen LogP contribution in [-0.2, 0) is 19.1 Å². The quantitative estimate of drug-likeness (QED) is 0.585. The fourth-order valence-corrected chi connectivity index (χ4v) is 4.21. The molecule has 0 aliphatic carbocycles. The first-order valence-electron chi connectivity index (χ1n) is 9.63. The number of hydrogen-bond acceptors (Lipinski definition) is 7. The number of anilines is 1. The van der Waals surface area contributed by atoms with Gasteiger partial charge in [0.05, 0.1) is 16.8 Å². The molecule has 1 N–H and O–H groups in total. The minimum Gasteiger partial charge on any atom is -0.462 e. The molecule has 0 spiro atoms. The van der Waals surface area contributed by atoms with E-state index in [4.69, 9.17) is 4.74 Å². The van der Waals surface area contributed by atoms with Crippen LogP contribution in [0.25, 0.3) is 0 Å². The highest BCUT2D eigenvalue weighted by Gasteiger charge is 2.46. The van der Waals surface area contributed by atoms with Gasteiger partial charge in [-0.1, -0.05) is 6.07 Å². The molecular weight excluding hydrogens is 378 g/mol. The number of rotatable bonds is 3. The largest absolute Gasteiger partial charge is 0.462 e.